The number of aliphatic carboxylic acids is 1. The number of thioether (sulfide) groups is 1. The molecule has 0 aliphatic carbocycles. The minimum Gasteiger partial charge on any atom is -0.497 e. The average molecular weight is 319 g/mol. The third kappa shape index (κ3) is 3.72. The van der Waals surface area contributed by atoms with E-state index in [0.717, 1.165) is 4.90 Å². The summed E-state index contributed by atoms with van der Waals surface area (Å²) in [7, 11) is 1.55. The van der Waals surface area contributed by atoms with Crippen molar-refractivity contribution in [3.63, 3.8) is 0 Å². The van der Waals surface area contributed by atoms with Gasteiger partial charge in [0, 0.05) is 10.6 Å². The first kappa shape index (κ1) is 16.2. The van der Waals surface area contributed by atoms with Crippen LogP contribution in [0, 0.1) is 0 Å². The first-order valence-electron chi connectivity index (χ1n) is 6.59. The number of hydrogen-bond acceptors (Lipinski definition) is 5. The number of benzene rings is 2. The van der Waals surface area contributed by atoms with Gasteiger partial charge in [0.1, 0.15) is 5.75 Å². The fraction of sp³-hybridized carbons (Fsp3) is 0.188. The van der Waals surface area contributed by atoms with Gasteiger partial charge in [0.05, 0.1) is 12.4 Å². The van der Waals surface area contributed by atoms with E-state index >= 15 is 0 Å². The monoisotopic (exact) mass is 319 g/mol. The summed E-state index contributed by atoms with van der Waals surface area (Å²) in [6.45, 7) is 0. The molecule has 0 aliphatic rings. The van der Waals surface area contributed by atoms with Crippen molar-refractivity contribution in [2.24, 2.45) is 0 Å². The lowest BCUT2D eigenvalue weighted by molar-refractivity contribution is -0.146. The third-order valence-corrected chi connectivity index (χ3v) is 4.57. The molecule has 0 spiro atoms. The lowest BCUT2D eigenvalue weighted by atomic mass is 10.1. The molecule has 0 aromatic heterocycles. The molecule has 22 heavy (non-hydrogen) atoms. The predicted octanol–water partition coefficient (Wildman–Crippen LogP) is 2.56. The largest absolute Gasteiger partial charge is 0.497 e. The SMILES string of the molecule is COc1ccc(C(Sc2ccccc2N)[C@H](O)C(=O)O)cc1. The van der Waals surface area contributed by atoms with Crippen LogP contribution in [0.5, 0.6) is 5.75 Å². The molecular weight excluding hydrogens is 302 g/mol. The van der Waals surface area contributed by atoms with Crippen LogP contribution in [0.25, 0.3) is 0 Å². The van der Waals surface area contributed by atoms with E-state index < -0.39 is 17.3 Å². The van der Waals surface area contributed by atoms with Gasteiger partial charge in [-0.25, -0.2) is 4.79 Å². The van der Waals surface area contributed by atoms with Gasteiger partial charge in [-0.15, -0.1) is 11.8 Å². The Morgan fingerprint density at radius 1 is 1.18 bits per heavy atom. The molecule has 0 heterocycles. The highest BCUT2D eigenvalue weighted by molar-refractivity contribution is 7.99. The van der Waals surface area contributed by atoms with Gasteiger partial charge < -0.3 is 20.7 Å². The number of aliphatic hydroxyl groups is 1. The number of ether oxygens (including phenoxy) is 1. The maximum atomic E-state index is 11.2. The summed E-state index contributed by atoms with van der Waals surface area (Å²) >= 11 is 1.22. The molecule has 2 aromatic carbocycles. The van der Waals surface area contributed by atoms with Crippen molar-refractivity contribution in [1.82, 2.24) is 0 Å². The van der Waals surface area contributed by atoms with Crippen LogP contribution in [-0.2, 0) is 4.79 Å². The lowest BCUT2D eigenvalue weighted by Crippen LogP contribution is -2.26. The summed E-state index contributed by atoms with van der Waals surface area (Å²) in [6.07, 6.45) is -1.54. The van der Waals surface area contributed by atoms with Crippen molar-refractivity contribution in [2.75, 3.05) is 12.8 Å². The van der Waals surface area contributed by atoms with E-state index in [2.05, 4.69) is 0 Å². The molecule has 2 aromatic rings. The second kappa shape index (κ2) is 7.20. The van der Waals surface area contributed by atoms with Gasteiger partial charge in [-0.3, -0.25) is 0 Å². The normalized spacial score (nSPS) is 13.4. The molecular formula is C16H17NO4S. The topological polar surface area (TPSA) is 92.8 Å². The zero-order valence-corrected chi connectivity index (χ0v) is 12.8. The highest BCUT2D eigenvalue weighted by atomic mass is 32.2. The summed E-state index contributed by atoms with van der Waals surface area (Å²) in [5.74, 6) is -0.612. The van der Waals surface area contributed by atoms with Gasteiger partial charge in [-0.2, -0.15) is 0 Å². The van der Waals surface area contributed by atoms with E-state index in [0.29, 0.717) is 17.0 Å². The number of methoxy groups -OCH3 is 1. The Labute approximate surface area is 132 Å². The van der Waals surface area contributed by atoms with E-state index in [1.807, 2.05) is 6.07 Å². The minimum atomic E-state index is -1.54. The number of nitrogens with two attached hydrogens (primary N) is 1. The Morgan fingerprint density at radius 2 is 1.82 bits per heavy atom. The molecule has 0 saturated heterocycles. The third-order valence-electron chi connectivity index (χ3n) is 3.16. The molecule has 0 radical (unpaired) electrons. The van der Waals surface area contributed by atoms with E-state index in [9.17, 15) is 9.90 Å². The Balaban J connectivity index is 2.33. The maximum Gasteiger partial charge on any atom is 0.334 e. The quantitative estimate of drug-likeness (QED) is 0.560. The van der Waals surface area contributed by atoms with Crippen molar-refractivity contribution < 1.29 is 19.7 Å². The summed E-state index contributed by atoms with van der Waals surface area (Å²) in [5, 5.41) is 18.5. The fourth-order valence-corrected chi connectivity index (χ4v) is 3.14. The van der Waals surface area contributed by atoms with Crippen LogP contribution in [0.2, 0.25) is 0 Å². The molecule has 4 N–H and O–H groups in total. The van der Waals surface area contributed by atoms with E-state index in [1.54, 1.807) is 49.6 Å². The molecule has 0 fully saturated rings. The number of carboxylic acid groups (broad SMARTS) is 1. The van der Waals surface area contributed by atoms with E-state index in [1.165, 1.54) is 11.8 Å². The molecule has 5 nitrogen and oxygen atoms in total. The van der Waals surface area contributed by atoms with Gasteiger partial charge in [-0.05, 0) is 29.8 Å². The Morgan fingerprint density at radius 3 is 2.36 bits per heavy atom. The Kier molecular flexibility index (Phi) is 5.30. The number of nitrogen functional groups attached to an aromatic ring is 1. The number of carbonyl (C=O) groups is 1. The number of carboxylic acids is 1. The van der Waals surface area contributed by atoms with Gasteiger partial charge in [-0.1, -0.05) is 24.3 Å². The van der Waals surface area contributed by atoms with E-state index in [-0.39, 0.29) is 0 Å². The first-order chi connectivity index (χ1) is 10.5. The lowest BCUT2D eigenvalue weighted by Gasteiger charge is -2.21. The molecule has 0 bridgehead atoms. The summed E-state index contributed by atoms with van der Waals surface area (Å²) in [6, 6.07) is 14.1. The predicted molar refractivity (Wildman–Crippen MR) is 86.1 cm³/mol. The number of para-hydroxylation sites is 1. The molecule has 0 amide bonds. The second-order valence-corrected chi connectivity index (χ2v) is 5.82. The van der Waals surface area contributed by atoms with Crippen LogP contribution in [-0.4, -0.2) is 29.4 Å². The van der Waals surface area contributed by atoms with Gasteiger partial charge >= 0.3 is 5.97 Å². The summed E-state index contributed by atoms with van der Waals surface area (Å²) in [4.78, 5) is 11.9. The number of aliphatic hydroxyl groups excluding tert-OH is 1. The van der Waals surface area contributed by atoms with Crippen LogP contribution in [0.15, 0.2) is 53.4 Å². The van der Waals surface area contributed by atoms with Crippen molar-refractivity contribution in [3.05, 3.63) is 54.1 Å². The molecule has 2 atom stereocenters. The van der Waals surface area contributed by atoms with Crippen molar-refractivity contribution in [2.45, 2.75) is 16.2 Å². The molecule has 116 valence electrons. The van der Waals surface area contributed by atoms with Crippen molar-refractivity contribution in [3.8, 4) is 5.75 Å². The van der Waals surface area contributed by atoms with Crippen molar-refractivity contribution >= 4 is 23.4 Å². The number of anilines is 1. The van der Waals surface area contributed by atoms with Crippen LogP contribution in [0.1, 0.15) is 10.8 Å². The summed E-state index contributed by atoms with van der Waals surface area (Å²) < 4.78 is 5.09. The molecule has 0 saturated carbocycles. The Hall–Kier alpha value is -2.18. The molecule has 2 rings (SSSR count). The van der Waals surface area contributed by atoms with Crippen LogP contribution in [0.4, 0.5) is 5.69 Å². The highest BCUT2D eigenvalue weighted by Crippen LogP contribution is 2.40. The fourth-order valence-electron chi connectivity index (χ4n) is 1.96. The molecule has 0 aliphatic heterocycles. The highest BCUT2D eigenvalue weighted by Gasteiger charge is 2.28. The van der Waals surface area contributed by atoms with Gasteiger partial charge in [0.25, 0.3) is 0 Å². The van der Waals surface area contributed by atoms with Crippen molar-refractivity contribution in [1.29, 1.82) is 0 Å². The Bertz CT molecular complexity index is 645. The maximum absolute atomic E-state index is 11.2. The number of rotatable bonds is 6. The first-order valence-corrected chi connectivity index (χ1v) is 7.47. The van der Waals surface area contributed by atoms with Crippen LogP contribution >= 0.6 is 11.8 Å². The average Bonchev–Trinajstić information content (AvgIpc) is 2.53. The minimum absolute atomic E-state index is 0.545. The second-order valence-electron chi connectivity index (χ2n) is 4.63. The van der Waals surface area contributed by atoms with Gasteiger partial charge in [0.2, 0.25) is 0 Å². The van der Waals surface area contributed by atoms with Gasteiger partial charge in [0.15, 0.2) is 6.10 Å². The smallest absolute Gasteiger partial charge is 0.334 e. The molecule has 1 unspecified atom stereocenters. The standard InChI is InChI=1S/C16H17NO4S/c1-21-11-8-6-10(7-9-11)15(14(18)16(19)20)22-13-5-3-2-4-12(13)17/h2-9,14-15,18H,17H2,1H3,(H,19,20)/t14-,15?/m0/s1. The molecule has 6 heteroatoms. The van der Waals surface area contributed by atoms with Crippen LogP contribution in [0.3, 0.4) is 0 Å². The number of hydrogen-bond donors (Lipinski definition) is 3. The van der Waals surface area contributed by atoms with E-state index in [4.69, 9.17) is 15.6 Å². The summed E-state index contributed by atoms with van der Waals surface area (Å²) in [5.41, 5.74) is 7.13. The van der Waals surface area contributed by atoms with Crippen LogP contribution < -0.4 is 10.5 Å². The zero-order valence-electron chi connectivity index (χ0n) is 12.0. The zero-order chi connectivity index (χ0) is 16.1.